The number of hydrogen-bond donors (Lipinski definition) is 1. The summed E-state index contributed by atoms with van der Waals surface area (Å²) in [6.45, 7) is 3.54. The summed E-state index contributed by atoms with van der Waals surface area (Å²) in [4.78, 5) is 16.0. The summed E-state index contributed by atoms with van der Waals surface area (Å²) in [6.07, 6.45) is 5.06. The van der Waals surface area contributed by atoms with Gasteiger partial charge in [0.15, 0.2) is 6.29 Å². The average Bonchev–Trinajstić information content (AvgIpc) is 3.06. The van der Waals surface area contributed by atoms with Crippen molar-refractivity contribution in [1.29, 1.82) is 0 Å². The van der Waals surface area contributed by atoms with Crippen molar-refractivity contribution in [2.45, 2.75) is 58.3 Å². The second-order valence-electron chi connectivity index (χ2n) is 9.30. The molecule has 3 saturated carbocycles. The molecule has 0 aromatic carbocycles. The van der Waals surface area contributed by atoms with Crippen LogP contribution in [0.5, 0.6) is 5.75 Å². The maximum absolute atomic E-state index is 11.3. The number of aryl methyl sites for hydroxylation is 2. The molecule has 1 unspecified atom stereocenters. The van der Waals surface area contributed by atoms with Crippen LogP contribution in [0.4, 0.5) is 0 Å². The second-order valence-corrected chi connectivity index (χ2v) is 9.30. The topological polar surface area (TPSA) is 109 Å². The third-order valence-corrected chi connectivity index (χ3v) is 6.89. The molecule has 166 valence electrons. The van der Waals surface area contributed by atoms with Crippen LogP contribution in [-0.4, -0.2) is 50.6 Å². The molecule has 1 atom stereocenters. The number of carboxylic acids is 1. The van der Waals surface area contributed by atoms with E-state index in [0.717, 1.165) is 48.7 Å². The Morgan fingerprint density at radius 3 is 2.81 bits per heavy atom. The minimum atomic E-state index is -0.671. The summed E-state index contributed by atoms with van der Waals surface area (Å²) in [5.41, 5.74) is 2.58. The summed E-state index contributed by atoms with van der Waals surface area (Å²) in [6, 6.07) is 3.79. The fourth-order valence-corrected chi connectivity index (χ4v) is 5.19. The smallest absolute Gasteiger partial charge is 0.309 e. The number of ether oxygens (including phenoxy) is 3. The van der Waals surface area contributed by atoms with Crippen LogP contribution in [0.2, 0.25) is 0 Å². The van der Waals surface area contributed by atoms with Gasteiger partial charge < -0.3 is 19.3 Å². The first kappa shape index (κ1) is 20.4. The molecular formula is C22H28N4O5. The largest absolute Gasteiger partial charge is 0.491 e. The quantitative estimate of drug-likeness (QED) is 0.684. The van der Waals surface area contributed by atoms with E-state index in [2.05, 4.69) is 15.3 Å². The summed E-state index contributed by atoms with van der Waals surface area (Å²) in [7, 11) is 1.84. The fourth-order valence-electron chi connectivity index (χ4n) is 5.19. The Morgan fingerprint density at radius 2 is 2.13 bits per heavy atom. The van der Waals surface area contributed by atoms with Crippen molar-refractivity contribution in [2.75, 3.05) is 13.2 Å². The zero-order valence-electron chi connectivity index (χ0n) is 18.0. The van der Waals surface area contributed by atoms with Crippen molar-refractivity contribution in [3.63, 3.8) is 0 Å². The molecule has 6 rings (SSSR count). The van der Waals surface area contributed by atoms with Crippen LogP contribution in [0.3, 0.4) is 0 Å². The van der Waals surface area contributed by atoms with E-state index in [0.29, 0.717) is 38.2 Å². The molecule has 0 spiro atoms. The molecule has 9 heteroatoms. The highest BCUT2D eigenvalue weighted by atomic mass is 16.7. The van der Waals surface area contributed by atoms with Gasteiger partial charge in [-0.3, -0.25) is 4.79 Å². The lowest BCUT2D eigenvalue weighted by Crippen LogP contribution is -2.67. The lowest BCUT2D eigenvalue weighted by molar-refractivity contribution is -0.231. The van der Waals surface area contributed by atoms with Crippen LogP contribution in [0.25, 0.3) is 11.4 Å². The van der Waals surface area contributed by atoms with Gasteiger partial charge in [-0.2, -0.15) is 0 Å². The van der Waals surface area contributed by atoms with Crippen molar-refractivity contribution < 1.29 is 24.1 Å². The highest BCUT2D eigenvalue weighted by molar-refractivity contribution is 5.79. The predicted molar refractivity (Wildman–Crippen MR) is 109 cm³/mol. The van der Waals surface area contributed by atoms with Crippen LogP contribution in [-0.2, 0) is 27.9 Å². The van der Waals surface area contributed by atoms with Gasteiger partial charge in [0.1, 0.15) is 11.4 Å². The predicted octanol–water partition coefficient (Wildman–Crippen LogP) is 2.86. The molecule has 4 fully saturated rings. The Bertz CT molecular complexity index is 978. The highest BCUT2D eigenvalue weighted by Gasteiger charge is 2.72. The average molecular weight is 428 g/mol. The maximum Gasteiger partial charge on any atom is 0.309 e. The third-order valence-electron chi connectivity index (χ3n) is 6.89. The molecule has 2 aromatic heterocycles. The van der Waals surface area contributed by atoms with E-state index in [1.54, 1.807) is 4.68 Å². The van der Waals surface area contributed by atoms with Crippen LogP contribution in [0, 0.1) is 17.8 Å². The molecule has 2 bridgehead atoms. The normalized spacial score (nSPS) is 29.2. The Labute approximate surface area is 180 Å². The van der Waals surface area contributed by atoms with Gasteiger partial charge in [0.25, 0.3) is 0 Å². The minimum absolute atomic E-state index is 0.0279. The van der Waals surface area contributed by atoms with E-state index < -0.39 is 11.4 Å². The first-order chi connectivity index (χ1) is 14.9. The maximum atomic E-state index is 11.3. The van der Waals surface area contributed by atoms with E-state index in [1.807, 2.05) is 26.1 Å². The van der Waals surface area contributed by atoms with Crippen LogP contribution >= 0.6 is 0 Å². The van der Waals surface area contributed by atoms with Crippen molar-refractivity contribution in [1.82, 2.24) is 20.0 Å². The fraction of sp³-hybridized carbons (Fsp3) is 0.636. The van der Waals surface area contributed by atoms with Gasteiger partial charge in [-0.05, 0) is 57.6 Å². The molecule has 9 nitrogen and oxygen atoms in total. The van der Waals surface area contributed by atoms with E-state index in [-0.39, 0.29) is 11.7 Å². The molecule has 1 aliphatic heterocycles. The lowest BCUT2D eigenvalue weighted by atomic mass is 9.35. The molecular weight excluding hydrogens is 400 g/mol. The first-order valence-electron chi connectivity index (χ1n) is 10.9. The molecule has 4 aliphatic rings. The molecule has 1 N–H and O–H groups in total. The van der Waals surface area contributed by atoms with E-state index >= 15 is 0 Å². The van der Waals surface area contributed by atoms with Gasteiger partial charge in [0.05, 0.1) is 35.7 Å². The summed E-state index contributed by atoms with van der Waals surface area (Å²) < 4.78 is 19.3. The van der Waals surface area contributed by atoms with Crippen molar-refractivity contribution in [3.05, 3.63) is 23.5 Å². The molecule has 0 amide bonds. The zero-order chi connectivity index (χ0) is 21.6. The second kappa shape index (κ2) is 7.56. The minimum Gasteiger partial charge on any atom is -0.491 e. The van der Waals surface area contributed by atoms with E-state index in [4.69, 9.17) is 14.2 Å². The number of nitrogens with zero attached hydrogens (tertiary/aromatic N) is 4. The SMILES string of the molecule is Cc1nc(-c2nnn(C)c2COC2CCCCO2)ccc1OCC12CC(C(=O)O)(C1)C2. The number of hydrogen-bond acceptors (Lipinski definition) is 7. The first-order valence-corrected chi connectivity index (χ1v) is 10.9. The number of carbonyl (C=O) groups is 1. The monoisotopic (exact) mass is 428 g/mol. The Morgan fingerprint density at radius 1 is 1.32 bits per heavy atom. The molecule has 1 saturated heterocycles. The molecule has 0 radical (unpaired) electrons. The third kappa shape index (κ3) is 3.59. The standard InChI is InChI=1S/C22H28N4O5/c1-14-17(31-13-21-10-22(11-21,12-21)20(27)28)7-6-15(23-14)19-16(26(2)25-24-19)9-30-18-5-3-4-8-29-18/h6-7,18H,3-5,8-13H2,1-2H3,(H,27,28). The molecule has 3 aliphatic carbocycles. The van der Waals surface area contributed by atoms with Gasteiger partial charge in [-0.1, -0.05) is 5.21 Å². The number of aliphatic carboxylic acids is 1. The Balaban J connectivity index is 1.23. The number of pyridine rings is 1. The molecule has 31 heavy (non-hydrogen) atoms. The van der Waals surface area contributed by atoms with Crippen LogP contribution in [0.15, 0.2) is 12.1 Å². The van der Waals surface area contributed by atoms with Crippen molar-refractivity contribution in [2.24, 2.45) is 17.9 Å². The summed E-state index contributed by atoms with van der Waals surface area (Å²) in [5, 5.41) is 17.7. The van der Waals surface area contributed by atoms with E-state index in [9.17, 15) is 9.90 Å². The molecule has 3 heterocycles. The summed E-state index contributed by atoms with van der Waals surface area (Å²) in [5.74, 6) is 0.0468. The number of aromatic nitrogens is 4. The highest BCUT2D eigenvalue weighted by Crippen LogP contribution is 2.73. The Hall–Kier alpha value is -2.52. The number of carboxylic acid groups (broad SMARTS) is 1. The number of rotatable bonds is 8. The van der Waals surface area contributed by atoms with E-state index in [1.165, 1.54) is 0 Å². The van der Waals surface area contributed by atoms with Crippen molar-refractivity contribution in [3.8, 4) is 17.1 Å². The van der Waals surface area contributed by atoms with Gasteiger partial charge >= 0.3 is 5.97 Å². The van der Waals surface area contributed by atoms with Gasteiger partial charge in [-0.25, -0.2) is 9.67 Å². The zero-order valence-corrected chi connectivity index (χ0v) is 18.0. The van der Waals surface area contributed by atoms with Gasteiger partial charge in [0.2, 0.25) is 0 Å². The lowest BCUT2D eigenvalue weighted by Gasteiger charge is -2.67. The van der Waals surface area contributed by atoms with Crippen molar-refractivity contribution >= 4 is 5.97 Å². The molecule has 2 aromatic rings. The van der Waals surface area contributed by atoms with Crippen LogP contribution < -0.4 is 4.74 Å². The van der Waals surface area contributed by atoms with Gasteiger partial charge in [0, 0.05) is 19.1 Å². The van der Waals surface area contributed by atoms with Crippen LogP contribution in [0.1, 0.15) is 49.9 Å². The Kier molecular flexibility index (Phi) is 4.97. The van der Waals surface area contributed by atoms with Gasteiger partial charge in [-0.15, -0.1) is 5.10 Å². The summed E-state index contributed by atoms with van der Waals surface area (Å²) >= 11 is 0.